The summed E-state index contributed by atoms with van der Waals surface area (Å²) in [6.45, 7) is 5.83. The van der Waals surface area contributed by atoms with Gasteiger partial charge in [-0.15, -0.1) is 0 Å². The topological polar surface area (TPSA) is 38.0 Å². The summed E-state index contributed by atoms with van der Waals surface area (Å²) in [4.78, 5) is 0. The van der Waals surface area contributed by atoms with Gasteiger partial charge in [-0.3, -0.25) is 0 Å². The molecule has 1 unspecified atom stereocenters. The molecule has 1 aliphatic carbocycles. The van der Waals surface area contributed by atoms with Gasteiger partial charge in [0.1, 0.15) is 0 Å². The van der Waals surface area contributed by atoms with Crippen molar-refractivity contribution in [3.63, 3.8) is 0 Å². The lowest BCUT2D eigenvalue weighted by molar-refractivity contribution is 0.167. The molecule has 0 radical (unpaired) electrons. The first-order chi connectivity index (χ1) is 4.74. The Hall–Kier alpha value is -0.500. The van der Waals surface area contributed by atoms with E-state index < -0.39 is 0 Å². The van der Waals surface area contributed by atoms with Crippen LogP contribution in [0.3, 0.4) is 0 Å². The number of hydrogen-bond donors (Lipinski definition) is 2. The van der Waals surface area contributed by atoms with Gasteiger partial charge in [-0.05, 0) is 30.9 Å². The van der Waals surface area contributed by atoms with Crippen molar-refractivity contribution < 1.29 is 0 Å². The average molecular weight is 140 g/mol. The Balaban J connectivity index is 2.17. The van der Waals surface area contributed by atoms with Crippen molar-refractivity contribution >= 4 is 0 Å². The van der Waals surface area contributed by atoms with Crippen molar-refractivity contribution in [3.8, 4) is 0 Å². The van der Waals surface area contributed by atoms with Crippen LogP contribution in [0.1, 0.15) is 19.8 Å². The first-order valence-electron chi connectivity index (χ1n) is 3.86. The molecular weight excluding hydrogens is 124 g/mol. The van der Waals surface area contributed by atoms with Crippen molar-refractivity contribution in [1.29, 1.82) is 0 Å². The Morgan fingerprint density at radius 2 is 2.30 bits per heavy atom. The molecule has 58 valence electrons. The molecule has 0 aromatic carbocycles. The first-order valence-corrected chi connectivity index (χ1v) is 3.86. The van der Waals surface area contributed by atoms with Crippen LogP contribution in [0.15, 0.2) is 12.8 Å². The summed E-state index contributed by atoms with van der Waals surface area (Å²) in [6.07, 6.45) is 4.34. The van der Waals surface area contributed by atoms with E-state index in [0.717, 1.165) is 5.92 Å². The highest BCUT2D eigenvalue weighted by molar-refractivity contribution is 4.85. The maximum absolute atomic E-state index is 5.77. The van der Waals surface area contributed by atoms with E-state index >= 15 is 0 Å². The van der Waals surface area contributed by atoms with Gasteiger partial charge in [0, 0.05) is 0 Å². The summed E-state index contributed by atoms with van der Waals surface area (Å²) in [5.74, 6) is 1.55. The van der Waals surface area contributed by atoms with Crippen LogP contribution in [0.4, 0.5) is 0 Å². The van der Waals surface area contributed by atoms with Crippen LogP contribution in [0, 0.1) is 11.8 Å². The van der Waals surface area contributed by atoms with Gasteiger partial charge in [0.15, 0.2) is 0 Å². The fourth-order valence-corrected chi connectivity index (χ4v) is 1.53. The second-order valence-electron chi connectivity index (χ2n) is 3.23. The summed E-state index contributed by atoms with van der Waals surface area (Å²) in [5, 5.41) is 3.01. The summed E-state index contributed by atoms with van der Waals surface area (Å²) in [6, 6.07) is 0. The Kier molecular flexibility index (Phi) is 2.33. The molecule has 0 heterocycles. The second-order valence-corrected chi connectivity index (χ2v) is 3.23. The standard InChI is InChI=1S/C8H16N2/c1-3-10-8(9)7-4-6(2)5-7/h3,6-8,10H,1,4-5,9H2,2H3/t6-,7+,8?. The van der Waals surface area contributed by atoms with E-state index in [4.69, 9.17) is 5.73 Å². The second kappa shape index (κ2) is 3.06. The van der Waals surface area contributed by atoms with Gasteiger partial charge in [-0.2, -0.15) is 0 Å². The smallest absolute Gasteiger partial charge is 0.0766 e. The molecule has 1 saturated carbocycles. The zero-order valence-corrected chi connectivity index (χ0v) is 6.51. The van der Waals surface area contributed by atoms with E-state index in [2.05, 4.69) is 18.8 Å². The third-order valence-electron chi connectivity index (χ3n) is 2.23. The lowest BCUT2D eigenvalue weighted by atomic mass is 9.74. The van der Waals surface area contributed by atoms with Crippen LogP contribution in [0.5, 0.6) is 0 Å². The molecule has 2 heteroatoms. The number of nitrogens with two attached hydrogens (primary N) is 1. The third kappa shape index (κ3) is 1.51. The van der Waals surface area contributed by atoms with Crippen molar-refractivity contribution in [3.05, 3.63) is 12.8 Å². The monoisotopic (exact) mass is 140 g/mol. The van der Waals surface area contributed by atoms with E-state index in [-0.39, 0.29) is 6.17 Å². The van der Waals surface area contributed by atoms with Gasteiger partial charge in [-0.1, -0.05) is 13.5 Å². The summed E-state index contributed by atoms with van der Waals surface area (Å²) in [7, 11) is 0. The fourth-order valence-electron chi connectivity index (χ4n) is 1.53. The molecule has 2 nitrogen and oxygen atoms in total. The van der Waals surface area contributed by atoms with Gasteiger partial charge >= 0.3 is 0 Å². The molecular formula is C8H16N2. The van der Waals surface area contributed by atoms with E-state index in [1.54, 1.807) is 6.20 Å². The molecule has 1 atom stereocenters. The van der Waals surface area contributed by atoms with Gasteiger partial charge in [0.2, 0.25) is 0 Å². The first kappa shape index (κ1) is 7.61. The molecule has 0 bridgehead atoms. The van der Waals surface area contributed by atoms with E-state index in [9.17, 15) is 0 Å². The molecule has 0 amide bonds. The largest absolute Gasteiger partial charge is 0.376 e. The maximum Gasteiger partial charge on any atom is 0.0766 e. The van der Waals surface area contributed by atoms with E-state index in [0.29, 0.717) is 5.92 Å². The third-order valence-corrected chi connectivity index (χ3v) is 2.23. The fraction of sp³-hybridized carbons (Fsp3) is 0.750. The van der Waals surface area contributed by atoms with Crippen LogP contribution in [0.25, 0.3) is 0 Å². The minimum Gasteiger partial charge on any atom is -0.376 e. The van der Waals surface area contributed by atoms with Crippen molar-refractivity contribution in [2.75, 3.05) is 0 Å². The minimum absolute atomic E-state index is 0.133. The summed E-state index contributed by atoms with van der Waals surface area (Å²) >= 11 is 0. The van der Waals surface area contributed by atoms with E-state index in [1.165, 1.54) is 12.8 Å². The number of nitrogens with one attached hydrogen (secondary N) is 1. The Morgan fingerprint density at radius 3 is 2.70 bits per heavy atom. The lowest BCUT2D eigenvalue weighted by Gasteiger charge is -2.36. The van der Waals surface area contributed by atoms with Crippen LogP contribution in [0.2, 0.25) is 0 Å². The number of hydrogen-bond acceptors (Lipinski definition) is 2. The lowest BCUT2D eigenvalue weighted by Crippen LogP contribution is -2.46. The predicted octanol–water partition coefficient (Wildman–Crippen LogP) is 1.05. The molecule has 1 rings (SSSR count). The molecule has 1 fully saturated rings. The molecule has 0 aromatic heterocycles. The number of rotatable bonds is 3. The van der Waals surface area contributed by atoms with Crippen LogP contribution >= 0.6 is 0 Å². The highest BCUT2D eigenvalue weighted by atomic mass is 15.0. The van der Waals surface area contributed by atoms with Crippen molar-refractivity contribution in [1.82, 2.24) is 5.32 Å². The van der Waals surface area contributed by atoms with Crippen LogP contribution in [-0.2, 0) is 0 Å². The summed E-state index contributed by atoms with van der Waals surface area (Å²) in [5.41, 5.74) is 5.77. The predicted molar refractivity (Wildman–Crippen MR) is 43.2 cm³/mol. The minimum atomic E-state index is 0.133. The van der Waals surface area contributed by atoms with Crippen LogP contribution < -0.4 is 11.1 Å². The van der Waals surface area contributed by atoms with Crippen LogP contribution in [-0.4, -0.2) is 6.17 Å². The zero-order chi connectivity index (χ0) is 7.56. The van der Waals surface area contributed by atoms with E-state index in [1.807, 2.05) is 0 Å². The van der Waals surface area contributed by atoms with Gasteiger partial charge in [0.25, 0.3) is 0 Å². The normalized spacial score (nSPS) is 34.2. The Labute approximate surface area is 62.5 Å². The summed E-state index contributed by atoms with van der Waals surface area (Å²) < 4.78 is 0. The molecule has 10 heavy (non-hydrogen) atoms. The van der Waals surface area contributed by atoms with Gasteiger partial charge < -0.3 is 11.1 Å². The van der Waals surface area contributed by atoms with Crippen molar-refractivity contribution in [2.24, 2.45) is 17.6 Å². The molecule has 0 aliphatic heterocycles. The van der Waals surface area contributed by atoms with Gasteiger partial charge in [0.05, 0.1) is 6.17 Å². The Bertz CT molecular complexity index is 116. The average Bonchev–Trinajstić information content (AvgIpc) is 1.82. The Morgan fingerprint density at radius 1 is 1.70 bits per heavy atom. The highest BCUT2D eigenvalue weighted by Gasteiger charge is 2.29. The molecule has 3 N–H and O–H groups in total. The quantitative estimate of drug-likeness (QED) is 0.575. The zero-order valence-electron chi connectivity index (χ0n) is 6.51. The molecule has 1 aliphatic rings. The van der Waals surface area contributed by atoms with Crippen molar-refractivity contribution in [2.45, 2.75) is 25.9 Å². The highest BCUT2D eigenvalue weighted by Crippen LogP contribution is 2.33. The maximum atomic E-state index is 5.77. The van der Waals surface area contributed by atoms with Gasteiger partial charge in [-0.25, -0.2) is 0 Å². The molecule has 0 aromatic rings. The SMILES string of the molecule is C=CNC(N)[C@H]1C[C@@H](C)C1. The molecule has 0 spiro atoms. The molecule has 0 saturated heterocycles.